The highest BCUT2D eigenvalue weighted by Crippen LogP contribution is 2.26. The van der Waals surface area contributed by atoms with Gasteiger partial charge in [0.15, 0.2) is 0 Å². The summed E-state index contributed by atoms with van der Waals surface area (Å²) in [5.74, 6) is -0.446. The van der Waals surface area contributed by atoms with Gasteiger partial charge < -0.3 is 4.74 Å². The molecule has 0 saturated carbocycles. The largest absolute Gasteiger partial charge is 0.383 e. The molecule has 1 unspecified atom stereocenters. The molecule has 2 aliphatic rings. The molecule has 0 N–H and O–H groups in total. The number of fused-ring (bicyclic) bond motifs is 1. The molecular formula is C14H20N4O3. The minimum absolute atomic E-state index is 0.285. The summed E-state index contributed by atoms with van der Waals surface area (Å²) >= 11 is 0. The lowest BCUT2D eigenvalue weighted by Gasteiger charge is -2.37. The Hall–Kier alpha value is -2.02. The van der Waals surface area contributed by atoms with Crippen LogP contribution in [0.2, 0.25) is 0 Å². The van der Waals surface area contributed by atoms with Crippen LogP contribution in [0, 0.1) is 5.92 Å². The van der Waals surface area contributed by atoms with E-state index in [4.69, 9.17) is 4.74 Å². The highest BCUT2D eigenvalue weighted by atomic mass is 16.5. The first-order valence-electron chi connectivity index (χ1n) is 6.88. The van der Waals surface area contributed by atoms with Gasteiger partial charge in [0.1, 0.15) is 11.8 Å². The molecule has 0 bridgehead atoms. The van der Waals surface area contributed by atoms with Crippen LogP contribution in [0.15, 0.2) is 21.8 Å². The quantitative estimate of drug-likeness (QED) is 0.723. The average Bonchev–Trinajstić information content (AvgIpc) is 2.50. The molecule has 1 saturated heterocycles. The van der Waals surface area contributed by atoms with Crippen LogP contribution in [0.1, 0.15) is 13.3 Å². The first-order valence-corrected chi connectivity index (χ1v) is 6.88. The van der Waals surface area contributed by atoms with Crippen molar-refractivity contribution < 1.29 is 14.3 Å². The molecule has 7 nitrogen and oxygen atoms in total. The molecule has 0 aromatic rings. The first-order chi connectivity index (χ1) is 10.0. The summed E-state index contributed by atoms with van der Waals surface area (Å²) in [7, 11) is 4.71. The highest BCUT2D eigenvalue weighted by Gasteiger charge is 2.45. The Labute approximate surface area is 124 Å². The van der Waals surface area contributed by atoms with Crippen LogP contribution in [-0.2, 0) is 9.53 Å². The van der Waals surface area contributed by atoms with E-state index in [1.165, 1.54) is 11.9 Å². The number of allylic oxidation sites excluding steroid dienone is 1. The fourth-order valence-corrected chi connectivity index (χ4v) is 2.43. The lowest BCUT2D eigenvalue weighted by atomic mass is 9.89. The number of methoxy groups -OCH3 is 1. The molecule has 0 aromatic heterocycles. The van der Waals surface area contributed by atoms with Gasteiger partial charge in [-0.25, -0.2) is 9.79 Å². The fraction of sp³-hybridized carbons (Fsp3) is 0.571. The Morgan fingerprint density at radius 1 is 1.33 bits per heavy atom. The number of imide groups is 1. The van der Waals surface area contributed by atoms with Crippen molar-refractivity contribution in [2.75, 3.05) is 34.4 Å². The van der Waals surface area contributed by atoms with Gasteiger partial charge in [0.2, 0.25) is 5.91 Å². The molecule has 1 fully saturated rings. The van der Waals surface area contributed by atoms with Crippen LogP contribution in [-0.4, -0.2) is 67.6 Å². The molecular weight excluding hydrogens is 272 g/mol. The molecule has 3 amide bonds. The molecule has 0 aromatic carbocycles. The Morgan fingerprint density at radius 2 is 2.05 bits per heavy atom. The number of amidine groups is 1. The molecule has 7 heteroatoms. The summed E-state index contributed by atoms with van der Waals surface area (Å²) in [5.41, 5.74) is 1.61. The number of urea groups is 1. The lowest BCUT2D eigenvalue weighted by Crippen LogP contribution is -2.59. The predicted octanol–water partition coefficient (Wildman–Crippen LogP) is 0.920. The molecule has 0 radical (unpaired) electrons. The Bertz CT molecular complexity index is 550. The second-order valence-electron chi connectivity index (χ2n) is 4.93. The summed E-state index contributed by atoms with van der Waals surface area (Å²) in [6.07, 6.45) is 2.42. The van der Waals surface area contributed by atoms with Gasteiger partial charge in [0.25, 0.3) is 0 Å². The minimum Gasteiger partial charge on any atom is -0.383 e. The zero-order chi connectivity index (χ0) is 15.6. The summed E-state index contributed by atoms with van der Waals surface area (Å²) in [6, 6.07) is -0.375. The van der Waals surface area contributed by atoms with Gasteiger partial charge in [-0.1, -0.05) is 6.92 Å². The van der Waals surface area contributed by atoms with E-state index < -0.39 is 5.92 Å². The second-order valence-corrected chi connectivity index (χ2v) is 4.93. The summed E-state index contributed by atoms with van der Waals surface area (Å²) in [5, 5.41) is 0. The van der Waals surface area contributed by atoms with E-state index >= 15 is 0 Å². The van der Waals surface area contributed by atoms with E-state index in [-0.39, 0.29) is 11.9 Å². The number of rotatable bonds is 4. The number of hydrogen-bond donors (Lipinski definition) is 0. The Balaban J connectivity index is 2.44. The third-order valence-electron chi connectivity index (χ3n) is 3.67. The first kappa shape index (κ1) is 15.4. The zero-order valence-electron chi connectivity index (χ0n) is 12.8. The Kier molecular flexibility index (Phi) is 4.52. The van der Waals surface area contributed by atoms with Gasteiger partial charge >= 0.3 is 6.03 Å². The maximum Gasteiger partial charge on any atom is 0.331 e. The number of carbonyl (C=O) groups is 2. The topological polar surface area (TPSA) is 74.6 Å². The molecule has 2 aliphatic heterocycles. The number of aliphatic imine (C=N–C) groups is 2. The molecule has 2 rings (SSSR count). The monoisotopic (exact) mass is 292 g/mol. The van der Waals surface area contributed by atoms with Crippen LogP contribution in [0.25, 0.3) is 0 Å². The van der Waals surface area contributed by atoms with Crippen molar-refractivity contribution in [3.8, 4) is 0 Å². The summed E-state index contributed by atoms with van der Waals surface area (Å²) < 4.78 is 5.01. The van der Waals surface area contributed by atoms with Crippen LogP contribution < -0.4 is 0 Å². The predicted molar refractivity (Wildman–Crippen MR) is 79.4 cm³/mol. The van der Waals surface area contributed by atoms with Gasteiger partial charge in [0.05, 0.1) is 18.9 Å². The number of nitrogens with zero attached hydrogens (tertiary/aromatic N) is 4. The van der Waals surface area contributed by atoms with Crippen LogP contribution in [0.4, 0.5) is 4.79 Å². The number of ether oxygens (including phenoxy) is 1. The number of amides is 3. The van der Waals surface area contributed by atoms with Crippen LogP contribution in [0.3, 0.4) is 0 Å². The van der Waals surface area contributed by atoms with Crippen molar-refractivity contribution in [3.05, 3.63) is 11.8 Å². The maximum absolute atomic E-state index is 12.5. The SMILES string of the molecule is CCC1=CN=C2C(C(=O)N(C)C(=O)N2C)C1=NCCOC. The normalized spacial score (nSPS) is 24.2. The van der Waals surface area contributed by atoms with Gasteiger partial charge in [-0.05, 0) is 12.0 Å². The van der Waals surface area contributed by atoms with Crippen molar-refractivity contribution in [1.29, 1.82) is 0 Å². The smallest absolute Gasteiger partial charge is 0.331 e. The second kappa shape index (κ2) is 6.17. The van der Waals surface area contributed by atoms with Gasteiger partial charge in [-0.2, -0.15) is 0 Å². The van der Waals surface area contributed by atoms with E-state index in [2.05, 4.69) is 9.98 Å². The highest BCUT2D eigenvalue weighted by molar-refractivity contribution is 6.33. The lowest BCUT2D eigenvalue weighted by molar-refractivity contribution is -0.128. The van der Waals surface area contributed by atoms with E-state index in [0.717, 1.165) is 16.9 Å². The molecule has 2 heterocycles. The third kappa shape index (κ3) is 2.61. The fourth-order valence-electron chi connectivity index (χ4n) is 2.43. The molecule has 1 atom stereocenters. The van der Waals surface area contributed by atoms with Crippen molar-refractivity contribution in [1.82, 2.24) is 9.80 Å². The molecule has 114 valence electrons. The average molecular weight is 292 g/mol. The minimum atomic E-state index is -0.602. The summed E-state index contributed by atoms with van der Waals surface area (Å²) in [6.45, 7) is 2.95. The van der Waals surface area contributed by atoms with Gasteiger partial charge in [-0.15, -0.1) is 0 Å². The Morgan fingerprint density at radius 3 is 2.67 bits per heavy atom. The van der Waals surface area contributed by atoms with E-state index in [1.54, 1.807) is 20.4 Å². The number of carbonyl (C=O) groups excluding carboxylic acids is 2. The van der Waals surface area contributed by atoms with Gasteiger partial charge in [0, 0.05) is 27.4 Å². The van der Waals surface area contributed by atoms with E-state index in [1.807, 2.05) is 6.92 Å². The van der Waals surface area contributed by atoms with E-state index in [9.17, 15) is 9.59 Å². The van der Waals surface area contributed by atoms with Gasteiger partial charge in [-0.3, -0.25) is 19.6 Å². The van der Waals surface area contributed by atoms with Crippen molar-refractivity contribution in [3.63, 3.8) is 0 Å². The van der Waals surface area contributed by atoms with Crippen molar-refractivity contribution >= 4 is 23.5 Å². The zero-order valence-corrected chi connectivity index (χ0v) is 12.8. The van der Waals surface area contributed by atoms with Crippen LogP contribution in [0.5, 0.6) is 0 Å². The molecule has 0 spiro atoms. The van der Waals surface area contributed by atoms with E-state index in [0.29, 0.717) is 24.7 Å². The summed E-state index contributed by atoms with van der Waals surface area (Å²) in [4.78, 5) is 35.8. The van der Waals surface area contributed by atoms with Crippen molar-refractivity contribution in [2.45, 2.75) is 13.3 Å². The standard InChI is InChI=1S/C14H20N4O3/c1-5-9-8-16-12-10(11(9)15-6-7-21-4)13(19)18(3)14(20)17(12)2/h8,10H,5-7H2,1-4H3. The van der Waals surface area contributed by atoms with Crippen LogP contribution >= 0.6 is 0 Å². The van der Waals surface area contributed by atoms with Crippen molar-refractivity contribution in [2.24, 2.45) is 15.9 Å². The third-order valence-corrected chi connectivity index (χ3v) is 3.67. The number of hydrogen-bond acceptors (Lipinski definition) is 5. The maximum atomic E-state index is 12.5. The molecule has 0 aliphatic carbocycles. The molecule has 21 heavy (non-hydrogen) atoms.